The number of pyridine rings is 4. The molecular weight excluding hydrogens is 693 g/mol. The molecule has 0 saturated carbocycles. The molecular formula is C48H34N6S. The summed E-state index contributed by atoms with van der Waals surface area (Å²) >= 11 is 1.80. The van der Waals surface area contributed by atoms with Crippen LogP contribution in [-0.4, -0.2) is 19.9 Å². The zero-order valence-electron chi connectivity index (χ0n) is 29.7. The molecule has 55 heavy (non-hydrogen) atoms. The van der Waals surface area contributed by atoms with Gasteiger partial charge in [-0.2, -0.15) is 0 Å². The summed E-state index contributed by atoms with van der Waals surface area (Å²) in [5, 5.41) is 0. The Morgan fingerprint density at radius 2 is 0.691 bits per heavy atom. The van der Waals surface area contributed by atoms with Crippen molar-refractivity contribution in [2.45, 2.75) is 0 Å². The van der Waals surface area contributed by atoms with Crippen LogP contribution in [0.15, 0.2) is 207 Å². The first-order valence-electron chi connectivity index (χ1n) is 18.0. The molecule has 4 aromatic carbocycles. The molecule has 6 nitrogen and oxygen atoms in total. The van der Waals surface area contributed by atoms with E-state index in [1.807, 2.05) is 73.6 Å². The van der Waals surface area contributed by atoms with Gasteiger partial charge in [0.25, 0.3) is 0 Å². The Bertz CT molecular complexity index is 2450. The topological polar surface area (TPSA) is 58.0 Å². The highest BCUT2D eigenvalue weighted by atomic mass is 32.1. The molecule has 262 valence electrons. The fourth-order valence-electron chi connectivity index (χ4n) is 6.79. The van der Waals surface area contributed by atoms with Gasteiger partial charge in [0.1, 0.15) is 0 Å². The average Bonchev–Trinajstić information content (AvgIpc) is 3.77. The van der Waals surface area contributed by atoms with Crippen LogP contribution in [0.3, 0.4) is 0 Å². The lowest BCUT2D eigenvalue weighted by Gasteiger charge is -2.26. The average molecular weight is 727 g/mol. The minimum Gasteiger partial charge on any atom is -0.310 e. The number of hydrogen-bond acceptors (Lipinski definition) is 7. The predicted molar refractivity (Wildman–Crippen MR) is 227 cm³/mol. The van der Waals surface area contributed by atoms with Crippen molar-refractivity contribution in [3.63, 3.8) is 0 Å². The van der Waals surface area contributed by atoms with Gasteiger partial charge in [0.2, 0.25) is 0 Å². The second-order valence-corrected chi connectivity index (χ2v) is 14.0. The molecule has 0 aliphatic carbocycles. The first-order chi connectivity index (χ1) is 27.3. The van der Waals surface area contributed by atoms with Gasteiger partial charge in [-0.3, -0.25) is 19.9 Å². The maximum Gasteiger partial charge on any atom is 0.0492 e. The van der Waals surface area contributed by atoms with Crippen LogP contribution < -0.4 is 9.80 Å². The highest BCUT2D eigenvalue weighted by Gasteiger charge is 2.16. The Balaban J connectivity index is 0.988. The molecule has 0 aliphatic rings. The lowest BCUT2D eigenvalue weighted by Crippen LogP contribution is -2.10. The van der Waals surface area contributed by atoms with E-state index in [2.05, 4.69) is 151 Å². The highest BCUT2D eigenvalue weighted by Crippen LogP contribution is 2.41. The largest absolute Gasteiger partial charge is 0.310 e. The number of hydrogen-bond donors (Lipinski definition) is 0. The van der Waals surface area contributed by atoms with E-state index < -0.39 is 0 Å². The number of nitrogens with zero attached hydrogens (tertiary/aromatic N) is 6. The standard InChI is InChI=1S/C48H34N6S/c1-5-37(39-7-3-25-51-33-39)31-45(9-1)53(43-21-27-49-28-22-43)41-15-11-35(12-16-41)47-19-20-48(55-47)36-13-17-42(18-14-36)54(44-23-29-50-30-24-44)46-10-2-6-38(32-46)40-8-4-26-52-34-40/h1-34H. The number of aromatic nitrogens is 4. The molecule has 9 aromatic rings. The smallest absolute Gasteiger partial charge is 0.0492 e. The molecule has 9 rings (SSSR count). The molecule has 7 heteroatoms. The lowest BCUT2D eigenvalue weighted by atomic mass is 10.1. The van der Waals surface area contributed by atoms with Crippen LogP contribution in [0.5, 0.6) is 0 Å². The van der Waals surface area contributed by atoms with Crippen molar-refractivity contribution >= 4 is 45.5 Å². The molecule has 0 N–H and O–H groups in total. The van der Waals surface area contributed by atoms with Crippen LogP contribution in [0.4, 0.5) is 34.1 Å². The first-order valence-corrected chi connectivity index (χ1v) is 18.8. The Labute approximate surface area is 324 Å². The van der Waals surface area contributed by atoms with E-state index >= 15 is 0 Å². The van der Waals surface area contributed by atoms with E-state index in [-0.39, 0.29) is 0 Å². The van der Waals surface area contributed by atoms with Gasteiger partial charge >= 0.3 is 0 Å². The van der Waals surface area contributed by atoms with Crippen molar-refractivity contribution in [2.75, 3.05) is 9.80 Å². The van der Waals surface area contributed by atoms with Crippen molar-refractivity contribution in [1.82, 2.24) is 19.9 Å². The van der Waals surface area contributed by atoms with Gasteiger partial charge in [-0.15, -0.1) is 11.3 Å². The van der Waals surface area contributed by atoms with Gasteiger partial charge < -0.3 is 9.80 Å². The third-order valence-electron chi connectivity index (χ3n) is 9.47. The third kappa shape index (κ3) is 7.25. The van der Waals surface area contributed by atoms with Crippen LogP contribution >= 0.6 is 11.3 Å². The Morgan fingerprint density at radius 3 is 1.09 bits per heavy atom. The van der Waals surface area contributed by atoms with Crippen LogP contribution in [0.25, 0.3) is 43.1 Å². The minimum atomic E-state index is 1.04. The third-order valence-corrected chi connectivity index (χ3v) is 10.6. The summed E-state index contributed by atoms with van der Waals surface area (Å²) in [6.07, 6.45) is 14.7. The minimum absolute atomic E-state index is 1.04. The van der Waals surface area contributed by atoms with Crippen molar-refractivity contribution in [1.29, 1.82) is 0 Å². The molecule has 0 saturated heterocycles. The maximum absolute atomic E-state index is 4.33. The lowest BCUT2D eigenvalue weighted by molar-refractivity contribution is 1.24. The maximum atomic E-state index is 4.33. The summed E-state index contributed by atoms with van der Waals surface area (Å²) in [4.78, 5) is 24.2. The van der Waals surface area contributed by atoms with Crippen LogP contribution in [-0.2, 0) is 0 Å². The SMILES string of the molecule is c1cncc(-c2cccc(N(c3ccncc3)c3ccc(-c4ccc(-c5ccc(N(c6ccncc6)c6cccc(-c7cccnc7)c6)cc5)s4)cc3)c2)c1. The monoisotopic (exact) mass is 726 g/mol. The number of thiophene rings is 1. The van der Waals surface area contributed by atoms with E-state index in [1.54, 1.807) is 23.7 Å². The molecule has 0 unspecified atom stereocenters. The molecule has 0 fully saturated rings. The summed E-state index contributed by atoms with van der Waals surface area (Å²) in [7, 11) is 0. The van der Waals surface area contributed by atoms with Crippen molar-refractivity contribution in [3.8, 4) is 43.1 Å². The molecule has 0 aliphatic heterocycles. The second kappa shape index (κ2) is 15.4. The molecule has 5 aromatic heterocycles. The Kier molecular flexibility index (Phi) is 9.41. The van der Waals surface area contributed by atoms with E-state index in [9.17, 15) is 0 Å². The van der Waals surface area contributed by atoms with Gasteiger partial charge in [0.15, 0.2) is 0 Å². The van der Waals surface area contributed by atoms with Crippen molar-refractivity contribution in [2.24, 2.45) is 0 Å². The molecule has 0 atom stereocenters. The molecule has 0 bridgehead atoms. The normalized spacial score (nSPS) is 10.9. The number of anilines is 6. The Hall–Kier alpha value is -7.22. The Morgan fingerprint density at radius 1 is 0.291 bits per heavy atom. The van der Waals surface area contributed by atoms with Gasteiger partial charge in [0, 0.05) is 105 Å². The quantitative estimate of drug-likeness (QED) is 0.140. The predicted octanol–water partition coefficient (Wildman–Crippen LogP) is 12.9. The van der Waals surface area contributed by atoms with Gasteiger partial charge in [-0.25, -0.2) is 0 Å². The summed E-state index contributed by atoms with van der Waals surface area (Å²) in [6.45, 7) is 0. The highest BCUT2D eigenvalue weighted by molar-refractivity contribution is 7.18. The molecule has 0 spiro atoms. The first kappa shape index (κ1) is 33.6. The van der Waals surface area contributed by atoms with Crippen LogP contribution in [0.1, 0.15) is 0 Å². The van der Waals surface area contributed by atoms with E-state index in [0.717, 1.165) is 56.4 Å². The molecule has 5 heterocycles. The summed E-state index contributed by atoms with van der Waals surface area (Å²) < 4.78 is 0. The molecule has 0 radical (unpaired) electrons. The van der Waals surface area contributed by atoms with Gasteiger partial charge in [-0.05, 0) is 119 Å². The molecule has 0 amide bonds. The van der Waals surface area contributed by atoms with Crippen LogP contribution in [0, 0.1) is 0 Å². The summed E-state index contributed by atoms with van der Waals surface area (Å²) in [5.74, 6) is 0. The van der Waals surface area contributed by atoms with E-state index in [1.165, 1.54) is 20.9 Å². The summed E-state index contributed by atoms with van der Waals surface area (Å²) in [6, 6.07) is 55.4. The van der Waals surface area contributed by atoms with E-state index in [0.29, 0.717) is 0 Å². The van der Waals surface area contributed by atoms with Crippen molar-refractivity contribution in [3.05, 3.63) is 207 Å². The number of rotatable bonds is 10. The van der Waals surface area contributed by atoms with Gasteiger partial charge in [-0.1, -0.05) is 60.7 Å². The fraction of sp³-hybridized carbons (Fsp3) is 0. The fourth-order valence-corrected chi connectivity index (χ4v) is 7.81. The van der Waals surface area contributed by atoms with Crippen molar-refractivity contribution < 1.29 is 0 Å². The van der Waals surface area contributed by atoms with Gasteiger partial charge in [0.05, 0.1) is 0 Å². The number of benzene rings is 4. The summed E-state index contributed by atoms with van der Waals surface area (Å²) in [5.41, 5.74) is 13.1. The van der Waals surface area contributed by atoms with Crippen LogP contribution in [0.2, 0.25) is 0 Å². The van der Waals surface area contributed by atoms with E-state index in [4.69, 9.17) is 0 Å². The second-order valence-electron chi connectivity index (χ2n) is 12.9. The zero-order valence-corrected chi connectivity index (χ0v) is 30.5. The zero-order chi connectivity index (χ0) is 36.8.